The summed E-state index contributed by atoms with van der Waals surface area (Å²) >= 11 is 0. The summed E-state index contributed by atoms with van der Waals surface area (Å²) in [5.41, 5.74) is 2.99. The van der Waals surface area contributed by atoms with Crippen molar-refractivity contribution in [1.82, 2.24) is 4.90 Å². The molecule has 1 aromatic carbocycles. The van der Waals surface area contributed by atoms with Crippen LogP contribution < -0.4 is 0 Å². The Hall–Kier alpha value is -0.860. The van der Waals surface area contributed by atoms with Crippen LogP contribution in [0.4, 0.5) is 0 Å². The molecule has 1 heterocycles. The van der Waals surface area contributed by atoms with E-state index < -0.39 is 0 Å². The number of rotatable bonds is 3. The van der Waals surface area contributed by atoms with Gasteiger partial charge in [-0.15, -0.1) is 0 Å². The van der Waals surface area contributed by atoms with Crippen LogP contribution in [0, 0.1) is 5.92 Å². The smallest absolute Gasteiger partial charge is 0.0483 e. The summed E-state index contributed by atoms with van der Waals surface area (Å²) in [4.78, 5) is 2.38. The molecule has 2 rings (SSSR count). The van der Waals surface area contributed by atoms with E-state index in [1.807, 2.05) is 0 Å². The average molecular weight is 233 g/mol. The van der Waals surface area contributed by atoms with Gasteiger partial charge in [-0.05, 0) is 16.5 Å². The molecule has 1 N–H and O–H groups in total. The van der Waals surface area contributed by atoms with E-state index in [2.05, 4.69) is 49.9 Å². The van der Waals surface area contributed by atoms with Crippen molar-refractivity contribution in [1.29, 1.82) is 0 Å². The van der Waals surface area contributed by atoms with Gasteiger partial charge < -0.3 is 5.11 Å². The summed E-state index contributed by atoms with van der Waals surface area (Å²) in [6.45, 7) is 10.1. The first-order valence-corrected chi connectivity index (χ1v) is 6.41. The van der Waals surface area contributed by atoms with Crippen molar-refractivity contribution in [3.63, 3.8) is 0 Å². The molecule has 0 spiro atoms. The second kappa shape index (κ2) is 4.79. The minimum Gasteiger partial charge on any atom is -0.396 e. The maximum atomic E-state index is 8.97. The minimum atomic E-state index is 0.233. The van der Waals surface area contributed by atoms with Gasteiger partial charge in [0.2, 0.25) is 0 Å². The van der Waals surface area contributed by atoms with Crippen LogP contribution in [-0.4, -0.2) is 29.7 Å². The molecule has 94 valence electrons. The summed E-state index contributed by atoms with van der Waals surface area (Å²) in [6, 6.07) is 8.93. The summed E-state index contributed by atoms with van der Waals surface area (Å²) < 4.78 is 0. The van der Waals surface area contributed by atoms with Gasteiger partial charge >= 0.3 is 0 Å². The van der Waals surface area contributed by atoms with Crippen molar-refractivity contribution < 1.29 is 5.11 Å². The lowest BCUT2D eigenvalue weighted by Gasteiger charge is -2.38. The highest BCUT2D eigenvalue weighted by molar-refractivity contribution is 5.27. The number of hydrogen-bond acceptors (Lipinski definition) is 2. The normalized spacial score (nSPS) is 18.1. The fraction of sp³-hybridized carbons (Fsp3) is 0.600. The molecule has 1 fully saturated rings. The second-order valence-corrected chi connectivity index (χ2v) is 6.19. The molecular weight excluding hydrogens is 210 g/mol. The first-order valence-electron chi connectivity index (χ1n) is 6.41. The lowest BCUT2D eigenvalue weighted by Crippen LogP contribution is -2.47. The van der Waals surface area contributed by atoms with E-state index in [0.29, 0.717) is 12.5 Å². The van der Waals surface area contributed by atoms with Crippen molar-refractivity contribution in [3.05, 3.63) is 35.4 Å². The van der Waals surface area contributed by atoms with E-state index in [4.69, 9.17) is 5.11 Å². The fourth-order valence-electron chi connectivity index (χ4n) is 2.29. The number of aliphatic hydroxyl groups is 1. The van der Waals surface area contributed by atoms with E-state index >= 15 is 0 Å². The Kier molecular flexibility index (Phi) is 3.55. The largest absolute Gasteiger partial charge is 0.396 e. The molecule has 2 nitrogen and oxygen atoms in total. The van der Waals surface area contributed by atoms with Gasteiger partial charge in [-0.1, -0.05) is 45.0 Å². The molecule has 1 aliphatic heterocycles. The lowest BCUT2D eigenvalue weighted by molar-refractivity contribution is 0.0479. The third-order valence-corrected chi connectivity index (χ3v) is 3.52. The van der Waals surface area contributed by atoms with Crippen molar-refractivity contribution in [2.75, 3.05) is 19.7 Å². The lowest BCUT2D eigenvalue weighted by atomic mass is 9.86. The van der Waals surface area contributed by atoms with Gasteiger partial charge in [0.25, 0.3) is 0 Å². The molecule has 2 heteroatoms. The maximum absolute atomic E-state index is 8.97. The fourth-order valence-corrected chi connectivity index (χ4v) is 2.29. The van der Waals surface area contributed by atoms with Gasteiger partial charge in [-0.25, -0.2) is 0 Å². The van der Waals surface area contributed by atoms with Gasteiger partial charge in [0.15, 0.2) is 0 Å². The maximum Gasteiger partial charge on any atom is 0.0483 e. The monoisotopic (exact) mass is 233 g/mol. The van der Waals surface area contributed by atoms with Crippen molar-refractivity contribution >= 4 is 0 Å². The number of benzene rings is 1. The zero-order valence-corrected chi connectivity index (χ0v) is 11.1. The first kappa shape index (κ1) is 12.6. The molecule has 0 aliphatic carbocycles. The summed E-state index contributed by atoms with van der Waals surface area (Å²) in [6.07, 6.45) is 0. The molecule has 1 aromatic rings. The van der Waals surface area contributed by atoms with Gasteiger partial charge in [-0.3, -0.25) is 4.90 Å². The van der Waals surface area contributed by atoms with Crippen LogP contribution in [0.1, 0.15) is 31.9 Å². The van der Waals surface area contributed by atoms with Gasteiger partial charge in [-0.2, -0.15) is 0 Å². The molecular formula is C15H23NO. The minimum absolute atomic E-state index is 0.233. The van der Waals surface area contributed by atoms with Crippen LogP contribution in [-0.2, 0) is 12.0 Å². The van der Waals surface area contributed by atoms with E-state index in [1.165, 1.54) is 11.1 Å². The van der Waals surface area contributed by atoms with Crippen molar-refractivity contribution in [3.8, 4) is 0 Å². The Morgan fingerprint density at radius 1 is 1.18 bits per heavy atom. The molecule has 0 radical (unpaired) electrons. The number of hydrogen-bond donors (Lipinski definition) is 1. The Bertz CT molecular complexity index is 358. The van der Waals surface area contributed by atoms with Gasteiger partial charge in [0.05, 0.1) is 0 Å². The average Bonchev–Trinajstić information content (AvgIpc) is 2.22. The SMILES string of the molecule is CC(C)(C)c1ccc(CN2CC(CO)C2)cc1. The van der Waals surface area contributed by atoms with Crippen molar-refractivity contribution in [2.45, 2.75) is 32.7 Å². The summed E-state index contributed by atoms with van der Waals surface area (Å²) in [7, 11) is 0. The molecule has 0 saturated carbocycles. The third kappa shape index (κ3) is 3.08. The Balaban J connectivity index is 1.91. The van der Waals surface area contributed by atoms with Gasteiger partial charge in [0, 0.05) is 32.2 Å². The highest BCUT2D eigenvalue weighted by Crippen LogP contribution is 2.23. The Morgan fingerprint density at radius 2 is 1.76 bits per heavy atom. The zero-order chi connectivity index (χ0) is 12.5. The molecule has 0 atom stereocenters. The van der Waals surface area contributed by atoms with Crippen LogP contribution >= 0.6 is 0 Å². The van der Waals surface area contributed by atoms with Crippen LogP contribution in [0.3, 0.4) is 0 Å². The van der Waals surface area contributed by atoms with E-state index in [9.17, 15) is 0 Å². The van der Waals surface area contributed by atoms with Crippen molar-refractivity contribution in [2.24, 2.45) is 5.92 Å². The standard InChI is InChI=1S/C15H23NO/c1-15(2,3)14-6-4-12(5-7-14)8-16-9-13(10-16)11-17/h4-7,13,17H,8-11H2,1-3H3. The predicted molar refractivity (Wildman–Crippen MR) is 71.0 cm³/mol. The number of likely N-dealkylation sites (tertiary alicyclic amines) is 1. The van der Waals surface area contributed by atoms with E-state index in [0.717, 1.165) is 19.6 Å². The summed E-state index contributed by atoms with van der Waals surface area (Å²) in [5.74, 6) is 0.504. The molecule has 0 amide bonds. The predicted octanol–water partition coefficient (Wildman–Crippen LogP) is 2.41. The topological polar surface area (TPSA) is 23.5 Å². The second-order valence-electron chi connectivity index (χ2n) is 6.19. The van der Waals surface area contributed by atoms with E-state index in [1.54, 1.807) is 0 Å². The molecule has 0 bridgehead atoms. The van der Waals surface area contributed by atoms with Crippen LogP contribution in [0.15, 0.2) is 24.3 Å². The molecule has 17 heavy (non-hydrogen) atoms. The van der Waals surface area contributed by atoms with Gasteiger partial charge in [0.1, 0.15) is 0 Å². The summed E-state index contributed by atoms with van der Waals surface area (Å²) in [5, 5.41) is 8.97. The first-order chi connectivity index (χ1) is 7.99. The molecule has 1 saturated heterocycles. The Morgan fingerprint density at radius 3 is 2.24 bits per heavy atom. The van der Waals surface area contributed by atoms with Crippen LogP contribution in [0.5, 0.6) is 0 Å². The van der Waals surface area contributed by atoms with Crippen LogP contribution in [0.25, 0.3) is 0 Å². The zero-order valence-electron chi connectivity index (χ0n) is 11.1. The van der Waals surface area contributed by atoms with E-state index in [-0.39, 0.29) is 5.41 Å². The number of aliphatic hydroxyl groups excluding tert-OH is 1. The molecule has 0 unspecified atom stereocenters. The number of nitrogens with zero attached hydrogens (tertiary/aromatic N) is 1. The Labute approximate surface area is 104 Å². The third-order valence-electron chi connectivity index (χ3n) is 3.52. The quantitative estimate of drug-likeness (QED) is 0.866. The van der Waals surface area contributed by atoms with Crippen LogP contribution in [0.2, 0.25) is 0 Å². The highest BCUT2D eigenvalue weighted by atomic mass is 16.3. The molecule has 0 aromatic heterocycles. The molecule has 1 aliphatic rings. The highest BCUT2D eigenvalue weighted by Gasteiger charge is 2.25.